The van der Waals surface area contributed by atoms with E-state index in [2.05, 4.69) is 24.3 Å². The predicted molar refractivity (Wildman–Crippen MR) is 59.8 cm³/mol. The van der Waals surface area contributed by atoms with E-state index in [4.69, 9.17) is 11.6 Å². The molecule has 80 valence electrons. The molecule has 0 amide bonds. The number of halogens is 1. The van der Waals surface area contributed by atoms with Crippen LogP contribution >= 0.6 is 11.6 Å². The summed E-state index contributed by atoms with van der Waals surface area (Å²) >= 11 is 6.13. The maximum atomic E-state index is 6.13. The number of rotatable bonds is 4. The third kappa shape index (κ3) is 2.49. The Morgan fingerprint density at radius 3 is 2.64 bits per heavy atom. The van der Waals surface area contributed by atoms with Crippen LogP contribution in [0.5, 0.6) is 0 Å². The summed E-state index contributed by atoms with van der Waals surface area (Å²) in [6.07, 6.45) is 0.937. The normalized spacial score (nSPS) is 13.2. The van der Waals surface area contributed by atoms with Crippen molar-refractivity contribution in [3.05, 3.63) is 16.4 Å². The zero-order chi connectivity index (χ0) is 10.7. The lowest BCUT2D eigenvalue weighted by Gasteiger charge is -2.11. The van der Waals surface area contributed by atoms with E-state index in [0.29, 0.717) is 6.04 Å². The fraction of sp³-hybridized carbons (Fsp3) is 0.700. The number of likely N-dealkylation sites (N-methyl/N-ethyl adjacent to an activating group) is 1. The van der Waals surface area contributed by atoms with Crippen LogP contribution in [-0.4, -0.2) is 22.4 Å². The van der Waals surface area contributed by atoms with Crippen molar-refractivity contribution in [1.29, 1.82) is 0 Å². The number of nitrogens with zero attached hydrogens (tertiary/aromatic N) is 2. The highest BCUT2D eigenvalue weighted by Gasteiger charge is 2.13. The van der Waals surface area contributed by atoms with Crippen LogP contribution in [0.25, 0.3) is 0 Å². The van der Waals surface area contributed by atoms with Crippen LogP contribution in [0.15, 0.2) is 0 Å². The van der Waals surface area contributed by atoms with Crippen LogP contribution in [0, 0.1) is 6.92 Å². The van der Waals surface area contributed by atoms with Gasteiger partial charge < -0.3 is 5.32 Å². The summed E-state index contributed by atoms with van der Waals surface area (Å²) in [5.41, 5.74) is 2.19. The summed E-state index contributed by atoms with van der Waals surface area (Å²) in [5.74, 6) is 0. The first-order valence-corrected chi connectivity index (χ1v) is 5.35. The van der Waals surface area contributed by atoms with Crippen molar-refractivity contribution in [3.63, 3.8) is 0 Å². The van der Waals surface area contributed by atoms with Gasteiger partial charge in [0.25, 0.3) is 0 Å². The van der Waals surface area contributed by atoms with Gasteiger partial charge in [0.15, 0.2) is 0 Å². The average molecular weight is 216 g/mol. The van der Waals surface area contributed by atoms with E-state index < -0.39 is 0 Å². The number of nitrogens with one attached hydrogen (secondary N) is 1. The van der Waals surface area contributed by atoms with Gasteiger partial charge in [-0.1, -0.05) is 18.5 Å². The SMILES string of the molecule is CCNC(C)Cc1c(C)nn(C)c1Cl. The van der Waals surface area contributed by atoms with Crippen LogP contribution in [0.1, 0.15) is 25.1 Å². The van der Waals surface area contributed by atoms with Crippen molar-refractivity contribution >= 4 is 11.6 Å². The van der Waals surface area contributed by atoms with Crippen molar-refractivity contribution in [3.8, 4) is 0 Å². The Morgan fingerprint density at radius 1 is 1.57 bits per heavy atom. The number of hydrogen-bond acceptors (Lipinski definition) is 2. The Kier molecular flexibility index (Phi) is 3.96. The Morgan fingerprint density at radius 2 is 2.21 bits per heavy atom. The highest BCUT2D eigenvalue weighted by Crippen LogP contribution is 2.19. The second-order valence-corrected chi connectivity index (χ2v) is 4.00. The topological polar surface area (TPSA) is 29.9 Å². The molecule has 1 heterocycles. The van der Waals surface area contributed by atoms with Gasteiger partial charge >= 0.3 is 0 Å². The first-order valence-electron chi connectivity index (χ1n) is 4.97. The van der Waals surface area contributed by atoms with Gasteiger partial charge in [-0.15, -0.1) is 0 Å². The Hall–Kier alpha value is -0.540. The van der Waals surface area contributed by atoms with Gasteiger partial charge in [-0.2, -0.15) is 5.10 Å². The van der Waals surface area contributed by atoms with Crippen molar-refractivity contribution in [2.45, 2.75) is 33.2 Å². The summed E-state index contributed by atoms with van der Waals surface area (Å²) in [4.78, 5) is 0. The molecule has 0 radical (unpaired) electrons. The predicted octanol–water partition coefficient (Wildman–Crippen LogP) is 1.92. The van der Waals surface area contributed by atoms with Crippen LogP contribution < -0.4 is 5.32 Å². The third-order valence-electron chi connectivity index (χ3n) is 2.33. The molecular weight excluding hydrogens is 198 g/mol. The molecule has 1 rings (SSSR count). The molecule has 3 nitrogen and oxygen atoms in total. The maximum absolute atomic E-state index is 6.13. The second kappa shape index (κ2) is 4.80. The average Bonchev–Trinajstić information content (AvgIpc) is 2.33. The fourth-order valence-corrected chi connectivity index (χ4v) is 1.88. The molecule has 0 saturated carbocycles. The van der Waals surface area contributed by atoms with Crippen molar-refractivity contribution in [2.75, 3.05) is 6.54 Å². The molecule has 0 fully saturated rings. The maximum Gasteiger partial charge on any atom is 0.130 e. The van der Waals surface area contributed by atoms with Gasteiger partial charge in [0.05, 0.1) is 5.69 Å². The highest BCUT2D eigenvalue weighted by molar-refractivity contribution is 6.30. The first-order chi connectivity index (χ1) is 6.56. The van der Waals surface area contributed by atoms with Gasteiger partial charge in [-0.25, -0.2) is 0 Å². The van der Waals surface area contributed by atoms with E-state index in [1.54, 1.807) is 4.68 Å². The first kappa shape index (κ1) is 11.5. The smallest absolute Gasteiger partial charge is 0.130 e. The van der Waals surface area contributed by atoms with Gasteiger partial charge in [0.2, 0.25) is 0 Å². The van der Waals surface area contributed by atoms with E-state index >= 15 is 0 Å². The Labute approximate surface area is 90.4 Å². The molecule has 0 saturated heterocycles. The van der Waals surface area contributed by atoms with E-state index in [9.17, 15) is 0 Å². The monoisotopic (exact) mass is 215 g/mol. The highest BCUT2D eigenvalue weighted by atomic mass is 35.5. The lowest BCUT2D eigenvalue weighted by Crippen LogP contribution is -2.27. The molecule has 1 aromatic heterocycles. The van der Waals surface area contributed by atoms with Crippen molar-refractivity contribution < 1.29 is 0 Å². The van der Waals surface area contributed by atoms with Gasteiger partial charge in [0, 0.05) is 18.7 Å². The van der Waals surface area contributed by atoms with E-state index in [-0.39, 0.29) is 0 Å². The summed E-state index contributed by atoms with van der Waals surface area (Å²) in [5, 5.41) is 8.40. The standard InChI is InChI=1S/C10H18ClN3/c1-5-12-7(2)6-9-8(3)13-14(4)10(9)11/h7,12H,5-6H2,1-4H3. The number of hydrogen-bond donors (Lipinski definition) is 1. The fourth-order valence-electron chi connectivity index (χ4n) is 1.63. The Balaban J connectivity index is 2.75. The largest absolute Gasteiger partial charge is 0.314 e. The third-order valence-corrected chi connectivity index (χ3v) is 2.81. The van der Waals surface area contributed by atoms with E-state index in [1.165, 1.54) is 0 Å². The lowest BCUT2D eigenvalue weighted by molar-refractivity contribution is 0.564. The van der Waals surface area contributed by atoms with Crippen LogP contribution in [-0.2, 0) is 13.5 Å². The minimum atomic E-state index is 0.445. The molecule has 14 heavy (non-hydrogen) atoms. The summed E-state index contributed by atoms with van der Waals surface area (Å²) in [7, 11) is 1.87. The summed E-state index contributed by atoms with van der Waals surface area (Å²) in [6, 6.07) is 0.445. The molecule has 4 heteroatoms. The minimum Gasteiger partial charge on any atom is -0.314 e. The quantitative estimate of drug-likeness (QED) is 0.832. The zero-order valence-corrected chi connectivity index (χ0v) is 10.0. The Bertz CT molecular complexity index is 307. The number of aromatic nitrogens is 2. The molecule has 1 unspecified atom stereocenters. The zero-order valence-electron chi connectivity index (χ0n) is 9.26. The summed E-state index contributed by atoms with van der Waals surface area (Å²) in [6.45, 7) is 7.25. The molecule has 1 N–H and O–H groups in total. The van der Waals surface area contributed by atoms with Gasteiger partial charge in [0.1, 0.15) is 5.15 Å². The molecular formula is C10H18ClN3. The molecule has 0 aliphatic rings. The van der Waals surface area contributed by atoms with Crippen LogP contribution in [0.3, 0.4) is 0 Å². The van der Waals surface area contributed by atoms with Crippen molar-refractivity contribution in [1.82, 2.24) is 15.1 Å². The van der Waals surface area contributed by atoms with Gasteiger partial charge in [-0.05, 0) is 26.8 Å². The molecule has 0 bridgehead atoms. The molecule has 1 atom stereocenters. The molecule has 0 spiro atoms. The number of aryl methyl sites for hydroxylation is 2. The van der Waals surface area contributed by atoms with E-state index in [1.807, 2.05) is 14.0 Å². The van der Waals surface area contributed by atoms with Crippen molar-refractivity contribution in [2.24, 2.45) is 7.05 Å². The van der Waals surface area contributed by atoms with Gasteiger partial charge in [-0.3, -0.25) is 4.68 Å². The molecule has 0 aliphatic carbocycles. The van der Waals surface area contributed by atoms with E-state index in [0.717, 1.165) is 29.4 Å². The second-order valence-electron chi connectivity index (χ2n) is 3.64. The van der Waals surface area contributed by atoms with Crippen LogP contribution in [0.4, 0.5) is 0 Å². The van der Waals surface area contributed by atoms with Crippen LogP contribution in [0.2, 0.25) is 5.15 Å². The minimum absolute atomic E-state index is 0.445. The lowest BCUT2D eigenvalue weighted by atomic mass is 10.1. The summed E-state index contributed by atoms with van der Waals surface area (Å²) < 4.78 is 1.73. The molecule has 0 aliphatic heterocycles. The molecule has 0 aromatic carbocycles. The molecule has 1 aromatic rings.